The minimum Gasteiger partial charge on any atom is -0.398 e. The number of carbonyl (C=O) groups excluding carboxylic acids is 1. The Bertz CT molecular complexity index is 613. The number of piperidine rings is 1. The average Bonchev–Trinajstić information content (AvgIpc) is 2.47. The summed E-state index contributed by atoms with van der Waals surface area (Å²) in [5.74, 6) is 0.00296. The summed E-state index contributed by atoms with van der Waals surface area (Å²) in [6.45, 7) is 1.65. The van der Waals surface area contributed by atoms with Gasteiger partial charge in [-0.15, -0.1) is 0 Å². The van der Waals surface area contributed by atoms with Gasteiger partial charge in [0.25, 0.3) is 5.91 Å². The van der Waals surface area contributed by atoms with Crippen LogP contribution in [0.25, 0.3) is 10.8 Å². The molecular formula is C15H17N3O. The molecule has 98 valence electrons. The molecule has 0 atom stereocenters. The van der Waals surface area contributed by atoms with Crippen LogP contribution in [0.2, 0.25) is 0 Å². The van der Waals surface area contributed by atoms with Crippen molar-refractivity contribution in [1.82, 2.24) is 9.88 Å². The van der Waals surface area contributed by atoms with Gasteiger partial charge in [0.15, 0.2) is 0 Å². The van der Waals surface area contributed by atoms with E-state index in [9.17, 15) is 4.79 Å². The highest BCUT2D eigenvalue weighted by atomic mass is 16.2. The predicted octanol–water partition coefficient (Wildman–Crippen LogP) is 2.44. The number of aromatic nitrogens is 1. The Balaban J connectivity index is 2.06. The molecule has 1 aromatic carbocycles. The Hall–Kier alpha value is -2.10. The molecule has 1 fully saturated rings. The van der Waals surface area contributed by atoms with Gasteiger partial charge in [-0.3, -0.25) is 9.78 Å². The molecule has 0 aliphatic carbocycles. The van der Waals surface area contributed by atoms with Crippen molar-refractivity contribution >= 4 is 22.4 Å². The van der Waals surface area contributed by atoms with Crippen LogP contribution < -0.4 is 5.73 Å². The summed E-state index contributed by atoms with van der Waals surface area (Å²) < 4.78 is 0. The maximum Gasteiger partial charge on any atom is 0.273 e. The van der Waals surface area contributed by atoms with Gasteiger partial charge in [0.05, 0.1) is 0 Å². The van der Waals surface area contributed by atoms with Gasteiger partial charge in [-0.25, -0.2) is 0 Å². The number of hydrogen-bond donors (Lipinski definition) is 1. The lowest BCUT2D eigenvalue weighted by Gasteiger charge is -2.26. The third-order valence-corrected chi connectivity index (χ3v) is 3.67. The molecular weight excluding hydrogens is 238 g/mol. The van der Waals surface area contributed by atoms with Crippen molar-refractivity contribution in [3.05, 3.63) is 36.2 Å². The van der Waals surface area contributed by atoms with E-state index in [-0.39, 0.29) is 5.91 Å². The van der Waals surface area contributed by atoms with Crippen LogP contribution in [0.1, 0.15) is 29.8 Å². The molecule has 3 rings (SSSR count). The molecule has 19 heavy (non-hydrogen) atoms. The Morgan fingerprint density at radius 3 is 2.74 bits per heavy atom. The quantitative estimate of drug-likeness (QED) is 0.796. The fourth-order valence-corrected chi connectivity index (χ4v) is 2.67. The Kier molecular flexibility index (Phi) is 3.07. The molecule has 0 saturated carbocycles. The standard InChI is InChI=1S/C15H17N3O/c16-12-6-4-5-11-7-8-17-14(13(11)12)15(19)18-9-2-1-3-10-18/h4-8H,1-3,9-10,16H2. The van der Waals surface area contributed by atoms with Gasteiger partial charge in [-0.1, -0.05) is 12.1 Å². The van der Waals surface area contributed by atoms with Crippen LogP contribution in [0.4, 0.5) is 5.69 Å². The predicted molar refractivity (Wildman–Crippen MR) is 75.9 cm³/mol. The van der Waals surface area contributed by atoms with Crippen molar-refractivity contribution in [3.8, 4) is 0 Å². The largest absolute Gasteiger partial charge is 0.398 e. The number of nitrogens with zero attached hydrogens (tertiary/aromatic N) is 2. The van der Waals surface area contributed by atoms with Gasteiger partial charge >= 0.3 is 0 Å². The number of amides is 1. The fraction of sp³-hybridized carbons (Fsp3) is 0.333. The normalized spacial score (nSPS) is 15.7. The lowest BCUT2D eigenvalue weighted by molar-refractivity contribution is 0.0720. The van der Waals surface area contributed by atoms with E-state index in [4.69, 9.17) is 5.73 Å². The van der Waals surface area contributed by atoms with Gasteiger partial charge in [-0.05, 0) is 36.8 Å². The van der Waals surface area contributed by atoms with E-state index in [0.717, 1.165) is 36.7 Å². The number of fused-ring (bicyclic) bond motifs is 1. The molecule has 4 nitrogen and oxygen atoms in total. The molecule has 1 saturated heterocycles. The number of anilines is 1. The molecule has 2 aromatic rings. The van der Waals surface area contributed by atoms with Crippen molar-refractivity contribution in [3.63, 3.8) is 0 Å². The number of rotatable bonds is 1. The first kappa shape index (κ1) is 12.0. The Morgan fingerprint density at radius 2 is 1.95 bits per heavy atom. The summed E-state index contributed by atoms with van der Waals surface area (Å²) in [5.41, 5.74) is 7.11. The van der Waals surface area contributed by atoms with Crippen LogP contribution in [0.5, 0.6) is 0 Å². The summed E-state index contributed by atoms with van der Waals surface area (Å²) in [4.78, 5) is 18.7. The number of likely N-dealkylation sites (tertiary alicyclic amines) is 1. The number of benzene rings is 1. The second-order valence-corrected chi connectivity index (χ2v) is 4.96. The van der Waals surface area contributed by atoms with Crippen LogP contribution in [-0.4, -0.2) is 28.9 Å². The fourth-order valence-electron chi connectivity index (χ4n) is 2.67. The van der Waals surface area contributed by atoms with E-state index < -0.39 is 0 Å². The Labute approximate surface area is 112 Å². The molecule has 2 heterocycles. The number of pyridine rings is 1. The minimum atomic E-state index is 0.00296. The zero-order chi connectivity index (χ0) is 13.2. The molecule has 1 aliphatic heterocycles. The zero-order valence-electron chi connectivity index (χ0n) is 10.8. The van der Waals surface area contributed by atoms with Gasteiger partial charge in [0.1, 0.15) is 5.69 Å². The van der Waals surface area contributed by atoms with Crippen molar-refractivity contribution in [2.45, 2.75) is 19.3 Å². The van der Waals surface area contributed by atoms with E-state index in [1.54, 1.807) is 6.20 Å². The van der Waals surface area contributed by atoms with Crippen molar-refractivity contribution in [1.29, 1.82) is 0 Å². The number of nitrogens with two attached hydrogens (primary N) is 1. The van der Waals surface area contributed by atoms with Crippen molar-refractivity contribution in [2.24, 2.45) is 0 Å². The lowest BCUT2D eigenvalue weighted by atomic mass is 10.1. The second kappa shape index (κ2) is 4.88. The monoisotopic (exact) mass is 255 g/mol. The third-order valence-electron chi connectivity index (χ3n) is 3.67. The summed E-state index contributed by atoms with van der Waals surface area (Å²) in [7, 11) is 0. The van der Waals surface area contributed by atoms with Crippen LogP contribution in [0.3, 0.4) is 0 Å². The molecule has 4 heteroatoms. The highest BCUT2D eigenvalue weighted by Crippen LogP contribution is 2.25. The van der Waals surface area contributed by atoms with E-state index in [2.05, 4.69) is 4.98 Å². The first-order chi connectivity index (χ1) is 9.27. The summed E-state index contributed by atoms with van der Waals surface area (Å²) in [6.07, 6.45) is 5.03. The van der Waals surface area contributed by atoms with Gasteiger partial charge in [0.2, 0.25) is 0 Å². The number of hydrogen-bond acceptors (Lipinski definition) is 3. The first-order valence-corrected chi connectivity index (χ1v) is 6.70. The molecule has 2 N–H and O–H groups in total. The van der Waals surface area contributed by atoms with Crippen LogP contribution in [-0.2, 0) is 0 Å². The molecule has 1 amide bonds. The minimum absolute atomic E-state index is 0.00296. The highest BCUT2D eigenvalue weighted by Gasteiger charge is 2.21. The van der Waals surface area contributed by atoms with Gasteiger partial charge < -0.3 is 10.6 Å². The average molecular weight is 255 g/mol. The number of carbonyl (C=O) groups is 1. The van der Waals surface area contributed by atoms with E-state index in [0.29, 0.717) is 11.4 Å². The van der Waals surface area contributed by atoms with E-state index in [1.807, 2.05) is 29.2 Å². The SMILES string of the molecule is Nc1cccc2ccnc(C(=O)N3CCCCC3)c12. The molecule has 1 aromatic heterocycles. The molecule has 0 radical (unpaired) electrons. The maximum absolute atomic E-state index is 12.6. The van der Waals surface area contributed by atoms with Gasteiger partial charge in [-0.2, -0.15) is 0 Å². The van der Waals surface area contributed by atoms with E-state index in [1.165, 1.54) is 6.42 Å². The van der Waals surface area contributed by atoms with Gasteiger partial charge in [0, 0.05) is 30.4 Å². The van der Waals surface area contributed by atoms with Crippen LogP contribution in [0.15, 0.2) is 30.5 Å². The molecule has 0 bridgehead atoms. The topological polar surface area (TPSA) is 59.2 Å². The lowest BCUT2D eigenvalue weighted by Crippen LogP contribution is -2.36. The second-order valence-electron chi connectivity index (χ2n) is 4.96. The third kappa shape index (κ3) is 2.14. The molecule has 0 spiro atoms. The zero-order valence-corrected chi connectivity index (χ0v) is 10.8. The Morgan fingerprint density at radius 1 is 1.16 bits per heavy atom. The maximum atomic E-state index is 12.6. The summed E-state index contributed by atoms with van der Waals surface area (Å²) in [5, 5.41) is 1.75. The number of nitrogen functional groups attached to an aromatic ring is 1. The summed E-state index contributed by atoms with van der Waals surface area (Å²) in [6, 6.07) is 7.56. The first-order valence-electron chi connectivity index (χ1n) is 6.70. The van der Waals surface area contributed by atoms with Crippen LogP contribution in [0, 0.1) is 0 Å². The smallest absolute Gasteiger partial charge is 0.273 e. The van der Waals surface area contributed by atoms with E-state index >= 15 is 0 Å². The van der Waals surface area contributed by atoms with Crippen LogP contribution >= 0.6 is 0 Å². The molecule has 0 unspecified atom stereocenters. The highest BCUT2D eigenvalue weighted by molar-refractivity contribution is 6.09. The van der Waals surface area contributed by atoms with Crippen molar-refractivity contribution < 1.29 is 4.79 Å². The summed E-state index contributed by atoms with van der Waals surface area (Å²) >= 11 is 0. The van der Waals surface area contributed by atoms with Crippen molar-refractivity contribution in [2.75, 3.05) is 18.8 Å². The molecule has 1 aliphatic rings.